The highest BCUT2D eigenvalue weighted by molar-refractivity contribution is 5.79. The van der Waals surface area contributed by atoms with E-state index in [1.54, 1.807) is 0 Å². The average molecular weight is 301 g/mol. The molecule has 118 valence electrons. The molecule has 0 aliphatic carbocycles. The fraction of sp³-hybridized carbons (Fsp3) is 0.562. The zero-order chi connectivity index (χ0) is 15.7. The molecule has 0 radical (unpaired) electrons. The van der Waals surface area contributed by atoms with Gasteiger partial charge in [0.05, 0.1) is 12.0 Å². The summed E-state index contributed by atoms with van der Waals surface area (Å²) in [6, 6.07) is 0. The predicted octanol–water partition coefficient (Wildman–Crippen LogP) is 1.15. The van der Waals surface area contributed by atoms with Gasteiger partial charge in [0.1, 0.15) is 0 Å². The summed E-state index contributed by atoms with van der Waals surface area (Å²) in [7, 11) is 1.95. The molecule has 0 fully saturated rings. The van der Waals surface area contributed by atoms with Gasteiger partial charge >= 0.3 is 0 Å². The van der Waals surface area contributed by atoms with E-state index in [2.05, 4.69) is 26.9 Å². The molecule has 1 amide bonds. The van der Waals surface area contributed by atoms with Crippen LogP contribution >= 0.6 is 0 Å². The third-order valence-corrected chi connectivity index (χ3v) is 4.68. The van der Waals surface area contributed by atoms with Crippen molar-refractivity contribution in [3.63, 3.8) is 0 Å². The molecule has 0 bridgehead atoms. The van der Waals surface area contributed by atoms with Crippen LogP contribution in [0.25, 0.3) is 0 Å². The Kier molecular flexibility index (Phi) is 4.00. The normalized spacial score (nSPS) is 17.3. The number of aryl methyl sites for hydroxylation is 3. The first kappa shape index (κ1) is 14.8. The lowest BCUT2D eigenvalue weighted by Gasteiger charge is -2.23. The van der Waals surface area contributed by atoms with Crippen LogP contribution in [0.3, 0.4) is 0 Å². The number of fused-ring (bicyclic) bond motifs is 1. The highest BCUT2D eigenvalue weighted by atomic mass is 16.1. The molecule has 3 heterocycles. The topological polar surface area (TPSA) is 64.7 Å². The van der Waals surface area contributed by atoms with Crippen molar-refractivity contribution in [3.8, 4) is 0 Å². The number of aromatic nitrogens is 4. The standard InChI is InChI=1S/C16H23N5O/c1-11-15(12(2)20(3)19-11)4-6-18-16(22)13-5-7-21-10-17-9-14(21)8-13/h9-10,13H,4-8H2,1-3H3,(H,18,22). The molecule has 1 atom stereocenters. The molecule has 1 aliphatic rings. The van der Waals surface area contributed by atoms with Gasteiger partial charge in [-0.2, -0.15) is 5.10 Å². The maximum absolute atomic E-state index is 12.3. The lowest BCUT2D eigenvalue weighted by atomic mass is 9.95. The minimum absolute atomic E-state index is 0.0697. The minimum Gasteiger partial charge on any atom is -0.356 e. The van der Waals surface area contributed by atoms with E-state index in [9.17, 15) is 4.79 Å². The Hall–Kier alpha value is -2.11. The lowest BCUT2D eigenvalue weighted by molar-refractivity contribution is -0.125. The van der Waals surface area contributed by atoms with Gasteiger partial charge in [0.2, 0.25) is 5.91 Å². The van der Waals surface area contributed by atoms with E-state index in [1.165, 1.54) is 11.3 Å². The van der Waals surface area contributed by atoms with Crippen LogP contribution < -0.4 is 5.32 Å². The van der Waals surface area contributed by atoms with Gasteiger partial charge in [0, 0.05) is 50.1 Å². The zero-order valence-corrected chi connectivity index (χ0v) is 13.5. The molecular weight excluding hydrogens is 278 g/mol. The monoisotopic (exact) mass is 301 g/mol. The number of hydrogen-bond acceptors (Lipinski definition) is 3. The number of nitrogens with one attached hydrogen (secondary N) is 1. The van der Waals surface area contributed by atoms with Gasteiger partial charge in [-0.25, -0.2) is 4.98 Å². The van der Waals surface area contributed by atoms with Crippen LogP contribution in [0.4, 0.5) is 0 Å². The first-order valence-electron chi connectivity index (χ1n) is 7.82. The number of carbonyl (C=O) groups is 1. The molecule has 6 heteroatoms. The molecule has 6 nitrogen and oxygen atoms in total. The van der Waals surface area contributed by atoms with E-state index >= 15 is 0 Å². The molecule has 3 rings (SSSR count). The van der Waals surface area contributed by atoms with Crippen molar-refractivity contribution < 1.29 is 4.79 Å². The number of nitrogens with zero attached hydrogens (tertiary/aromatic N) is 4. The summed E-state index contributed by atoms with van der Waals surface area (Å²) in [5.74, 6) is 0.229. The second kappa shape index (κ2) is 5.94. The Bertz CT molecular complexity index is 685. The van der Waals surface area contributed by atoms with Crippen LogP contribution in [0.1, 0.15) is 29.1 Å². The van der Waals surface area contributed by atoms with Crippen molar-refractivity contribution in [2.24, 2.45) is 13.0 Å². The number of imidazole rings is 1. The molecule has 22 heavy (non-hydrogen) atoms. The summed E-state index contributed by atoms with van der Waals surface area (Å²) < 4.78 is 4.03. The SMILES string of the molecule is Cc1nn(C)c(C)c1CCNC(=O)C1CCn2cncc2C1. The van der Waals surface area contributed by atoms with Crippen molar-refractivity contribution in [3.05, 3.63) is 35.2 Å². The van der Waals surface area contributed by atoms with E-state index in [-0.39, 0.29) is 11.8 Å². The number of hydrogen-bond donors (Lipinski definition) is 1. The molecule has 2 aromatic heterocycles. The molecule has 0 aromatic carbocycles. The third kappa shape index (κ3) is 2.77. The van der Waals surface area contributed by atoms with Crippen molar-refractivity contribution >= 4 is 5.91 Å². The predicted molar refractivity (Wildman–Crippen MR) is 83.4 cm³/mol. The van der Waals surface area contributed by atoms with Crippen molar-refractivity contribution in [1.29, 1.82) is 0 Å². The Morgan fingerprint density at radius 3 is 3.00 bits per heavy atom. The van der Waals surface area contributed by atoms with Crippen molar-refractivity contribution in [2.75, 3.05) is 6.54 Å². The number of carbonyl (C=O) groups excluding carboxylic acids is 1. The van der Waals surface area contributed by atoms with E-state index in [4.69, 9.17) is 0 Å². The van der Waals surface area contributed by atoms with Gasteiger partial charge < -0.3 is 9.88 Å². The summed E-state index contributed by atoms with van der Waals surface area (Å²) in [5, 5.41) is 7.49. The minimum atomic E-state index is 0.0697. The number of amides is 1. The quantitative estimate of drug-likeness (QED) is 0.921. The third-order valence-electron chi connectivity index (χ3n) is 4.68. The summed E-state index contributed by atoms with van der Waals surface area (Å²) >= 11 is 0. The van der Waals surface area contributed by atoms with Gasteiger partial charge in [-0.15, -0.1) is 0 Å². The molecule has 1 N–H and O–H groups in total. The molecular formula is C16H23N5O. The molecule has 1 unspecified atom stereocenters. The highest BCUT2D eigenvalue weighted by Crippen LogP contribution is 2.20. The Balaban J connectivity index is 1.53. The van der Waals surface area contributed by atoms with E-state index in [0.717, 1.165) is 37.2 Å². The Morgan fingerprint density at radius 1 is 1.45 bits per heavy atom. The Morgan fingerprint density at radius 2 is 2.27 bits per heavy atom. The van der Waals surface area contributed by atoms with Crippen LogP contribution in [-0.2, 0) is 31.2 Å². The van der Waals surface area contributed by atoms with Gasteiger partial charge in [0.25, 0.3) is 0 Å². The Labute approximate surface area is 130 Å². The smallest absolute Gasteiger partial charge is 0.223 e. The van der Waals surface area contributed by atoms with Crippen molar-refractivity contribution in [2.45, 2.75) is 39.7 Å². The summed E-state index contributed by atoms with van der Waals surface area (Å²) in [6.07, 6.45) is 6.22. The van der Waals surface area contributed by atoms with E-state index in [1.807, 2.05) is 31.2 Å². The summed E-state index contributed by atoms with van der Waals surface area (Å²) in [5.41, 5.74) is 4.62. The molecule has 0 spiro atoms. The second-order valence-corrected chi connectivity index (χ2v) is 6.08. The average Bonchev–Trinajstić information content (AvgIpc) is 3.06. The van der Waals surface area contributed by atoms with Crippen molar-refractivity contribution in [1.82, 2.24) is 24.6 Å². The van der Waals surface area contributed by atoms with Crippen LogP contribution in [0.2, 0.25) is 0 Å². The maximum Gasteiger partial charge on any atom is 0.223 e. The largest absolute Gasteiger partial charge is 0.356 e. The van der Waals surface area contributed by atoms with Crippen LogP contribution in [0, 0.1) is 19.8 Å². The van der Waals surface area contributed by atoms with Gasteiger partial charge in [0.15, 0.2) is 0 Å². The lowest BCUT2D eigenvalue weighted by Crippen LogP contribution is -2.36. The maximum atomic E-state index is 12.3. The zero-order valence-electron chi connectivity index (χ0n) is 13.5. The fourth-order valence-corrected chi connectivity index (χ4v) is 3.23. The fourth-order valence-electron chi connectivity index (χ4n) is 3.23. The summed E-state index contributed by atoms with van der Waals surface area (Å²) in [6.45, 7) is 5.64. The van der Waals surface area contributed by atoms with Crippen LogP contribution in [0.5, 0.6) is 0 Å². The second-order valence-electron chi connectivity index (χ2n) is 6.08. The number of rotatable bonds is 4. The molecule has 0 saturated heterocycles. The van der Waals surface area contributed by atoms with Crippen LogP contribution in [-0.4, -0.2) is 31.8 Å². The molecule has 1 aliphatic heterocycles. The highest BCUT2D eigenvalue weighted by Gasteiger charge is 2.24. The molecule has 2 aromatic rings. The first-order chi connectivity index (χ1) is 10.6. The van der Waals surface area contributed by atoms with Gasteiger partial charge in [-0.3, -0.25) is 9.48 Å². The van der Waals surface area contributed by atoms with E-state index < -0.39 is 0 Å². The first-order valence-corrected chi connectivity index (χ1v) is 7.82. The summed E-state index contributed by atoms with van der Waals surface area (Å²) in [4.78, 5) is 16.5. The van der Waals surface area contributed by atoms with Gasteiger partial charge in [-0.05, 0) is 32.3 Å². The van der Waals surface area contributed by atoms with Crippen LogP contribution in [0.15, 0.2) is 12.5 Å². The van der Waals surface area contributed by atoms with E-state index in [0.29, 0.717) is 6.54 Å². The molecule has 0 saturated carbocycles. The van der Waals surface area contributed by atoms with Gasteiger partial charge in [-0.1, -0.05) is 0 Å².